The second-order valence-corrected chi connectivity index (χ2v) is 3.90. The van der Waals surface area contributed by atoms with E-state index in [-0.39, 0.29) is 32.2 Å². The third kappa shape index (κ3) is 1.82. The number of nitrogens with zero attached hydrogens (tertiary/aromatic N) is 2. The Labute approximate surface area is 88.1 Å². The fourth-order valence-electron chi connectivity index (χ4n) is 1.69. The summed E-state index contributed by atoms with van der Waals surface area (Å²) in [6.07, 6.45) is 0. The molecule has 0 spiro atoms. The Morgan fingerprint density at radius 3 is 2.13 bits per heavy atom. The van der Waals surface area contributed by atoms with Gasteiger partial charge in [-0.25, -0.2) is 4.79 Å². The number of carbonyl (C=O) groups is 2. The first-order valence-corrected chi connectivity index (χ1v) is 4.82. The van der Waals surface area contributed by atoms with Crippen molar-refractivity contribution in [3.05, 3.63) is 0 Å². The maximum atomic E-state index is 11.8. The number of carbonyl (C=O) groups excluding carboxylic acids is 2. The first kappa shape index (κ1) is 11.9. The Balaban J connectivity index is 2.92. The minimum atomic E-state index is -0.936. The van der Waals surface area contributed by atoms with Gasteiger partial charge in [0.1, 0.15) is 5.54 Å². The number of imide groups is 1. The van der Waals surface area contributed by atoms with Crippen molar-refractivity contribution in [1.29, 1.82) is 0 Å². The lowest BCUT2D eigenvalue weighted by Crippen LogP contribution is -2.45. The van der Waals surface area contributed by atoms with Crippen LogP contribution in [0.3, 0.4) is 0 Å². The molecule has 1 rings (SSSR count). The standard InChI is InChI=1S/C9H16N2O4/c1-9(2)7(14)10(3-5-12)8(15)11(9)4-6-13/h12-13H,3-6H2,1-2H3. The van der Waals surface area contributed by atoms with Crippen LogP contribution in [-0.2, 0) is 4.79 Å². The molecular formula is C9H16N2O4. The second-order valence-electron chi connectivity index (χ2n) is 3.90. The number of β-amino-alcohol motifs (C(OH)–C–C–N with tert-alkyl or cyclic N) is 2. The number of amides is 3. The molecule has 6 heteroatoms. The van der Waals surface area contributed by atoms with Crippen molar-refractivity contribution < 1.29 is 19.8 Å². The van der Waals surface area contributed by atoms with Gasteiger partial charge in [0.15, 0.2) is 0 Å². The Morgan fingerprint density at radius 2 is 1.67 bits per heavy atom. The van der Waals surface area contributed by atoms with Crippen LogP contribution in [0.25, 0.3) is 0 Å². The van der Waals surface area contributed by atoms with E-state index in [0.717, 1.165) is 4.90 Å². The molecule has 1 aliphatic heterocycles. The lowest BCUT2D eigenvalue weighted by atomic mass is 10.0. The van der Waals surface area contributed by atoms with Gasteiger partial charge in [0.2, 0.25) is 0 Å². The van der Waals surface area contributed by atoms with E-state index in [9.17, 15) is 9.59 Å². The summed E-state index contributed by atoms with van der Waals surface area (Å²) in [4.78, 5) is 25.8. The highest BCUT2D eigenvalue weighted by Gasteiger charge is 2.50. The van der Waals surface area contributed by atoms with Crippen LogP contribution < -0.4 is 0 Å². The number of hydrogen-bond acceptors (Lipinski definition) is 4. The smallest absolute Gasteiger partial charge is 0.327 e. The number of hydrogen-bond donors (Lipinski definition) is 2. The Bertz CT molecular complexity index is 277. The highest BCUT2D eigenvalue weighted by Crippen LogP contribution is 2.26. The molecule has 1 fully saturated rings. The molecule has 1 aliphatic rings. The van der Waals surface area contributed by atoms with E-state index < -0.39 is 11.6 Å². The summed E-state index contributed by atoms with van der Waals surface area (Å²) in [5, 5.41) is 17.5. The molecule has 0 aromatic heterocycles. The molecule has 15 heavy (non-hydrogen) atoms. The summed E-state index contributed by atoms with van der Waals surface area (Å²) in [6, 6.07) is -0.451. The van der Waals surface area contributed by atoms with E-state index in [0.29, 0.717) is 0 Å². The van der Waals surface area contributed by atoms with Crippen LogP contribution in [0.5, 0.6) is 0 Å². The van der Waals surface area contributed by atoms with Crippen LogP contribution >= 0.6 is 0 Å². The number of aliphatic hydroxyl groups excluding tert-OH is 2. The van der Waals surface area contributed by atoms with Crippen molar-refractivity contribution in [2.24, 2.45) is 0 Å². The van der Waals surface area contributed by atoms with E-state index in [1.54, 1.807) is 13.8 Å². The maximum absolute atomic E-state index is 11.8. The molecule has 0 bridgehead atoms. The predicted molar refractivity (Wildman–Crippen MR) is 52.1 cm³/mol. The summed E-state index contributed by atoms with van der Waals surface area (Å²) >= 11 is 0. The van der Waals surface area contributed by atoms with Crippen LogP contribution in [0.4, 0.5) is 4.79 Å². The van der Waals surface area contributed by atoms with Crippen LogP contribution in [-0.4, -0.2) is 63.8 Å². The van der Waals surface area contributed by atoms with Gasteiger partial charge in [0.05, 0.1) is 19.8 Å². The molecule has 1 saturated heterocycles. The molecule has 0 aromatic rings. The summed E-state index contributed by atoms with van der Waals surface area (Å²) in [7, 11) is 0. The van der Waals surface area contributed by atoms with Crippen LogP contribution in [0.1, 0.15) is 13.8 Å². The van der Waals surface area contributed by atoms with Gasteiger partial charge < -0.3 is 15.1 Å². The lowest BCUT2D eigenvalue weighted by molar-refractivity contribution is -0.132. The summed E-state index contributed by atoms with van der Waals surface area (Å²) in [5.74, 6) is -0.338. The van der Waals surface area contributed by atoms with Crippen LogP contribution in [0.15, 0.2) is 0 Å². The van der Waals surface area contributed by atoms with Gasteiger partial charge in [-0.1, -0.05) is 0 Å². The first-order valence-electron chi connectivity index (χ1n) is 4.82. The Morgan fingerprint density at radius 1 is 1.13 bits per heavy atom. The van der Waals surface area contributed by atoms with Crippen LogP contribution in [0, 0.1) is 0 Å². The third-order valence-corrected chi connectivity index (χ3v) is 2.55. The maximum Gasteiger partial charge on any atom is 0.327 e. The number of rotatable bonds is 4. The van der Waals surface area contributed by atoms with Gasteiger partial charge in [-0.3, -0.25) is 9.69 Å². The highest BCUT2D eigenvalue weighted by atomic mass is 16.3. The highest BCUT2D eigenvalue weighted by molar-refractivity contribution is 6.06. The SMILES string of the molecule is CC1(C)C(=O)N(CCO)C(=O)N1CCO. The Hall–Kier alpha value is -1.14. The number of urea groups is 1. The van der Waals surface area contributed by atoms with E-state index >= 15 is 0 Å². The van der Waals surface area contributed by atoms with E-state index in [1.807, 2.05) is 0 Å². The average molecular weight is 216 g/mol. The molecule has 0 atom stereocenters. The molecule has 6 nitrogen and oxygen atoms in total. The van der Waals surface area contributed by atoms with Crippen molar-refractivity contribution in [3.63, 3.8) is 0 Å². The summed E-state index contributed by atoms with van der Waals surface area (Å²) < 4.78 is 0. The molecule has 0 aliphatic carbocycles. The molecule has 0 aromatic carbocycles. The first-order chi connectivity index (χ1) is 6.96. The van der Waals surface area contributed by atoms with Gasteiger partial charge >= 0.3 is 6.03 Å². The minimum absolute atomic E-state index is 0.00300. The molecule has 3 amide bonds. The van der Waals surface area contributed by atoms with Crippen molar-refractivity contribution in [2.45, 2.75) is 19.4 Å². The van der Waals surface area contributed by atoms with Gasteiger partial charge in [-0.05, 0) is 13.8 Å². The zero-order valence-electron chi connectivity index (χ0n) is 8.93. The van der Waals surface area contributed by atoms with Crippen molar-refractivity contribution in [2.75, 3.05) is 26.3 Å². The lowest BCUT2D eigenvalue weighted by Gasteiger charge is -2.26. The molecule has 86 valence electrons. The summed E-state index contributed by atoms with van der Waals surface area (Å²) in [6.45, 7) is 2.94. The average Bonchev–Trinajstić information content (AvgIpc) is 2.33. The topological polar surface area (TPSA) is 81.1 Å². The van der Waals surface area contributed by atoms with Crippen molar-refractivity contribution >= 4 is 11.9 Å². The van der Waals surface area contributed by atoms with E-state index in [1.165, 1.54) is 4.90 Å². The fourth-order valence-corrected chi connectivity index (χ4v) is 1.69. The molecular weight excluding hydrogens is 200 g/mol. The molecule has 1 heterocycles. The molecule has 0 radical (unpaired) electrons. The quantitative estimate of drug-likeness (QED) is 0.591. The largest absolute Gasteiger partial charge is 0.395 e. The summed E-state index contributed by atoms with van der Waals surface area (Å²) in [5.41, 5.74) is -0.936. The van der Waals surface area contributed by atoms with Gasteiger partial charge in [0, 0.05) is 6.54 Å². The fraction of sp³-hybridized carbons (Fsp3) is 0.778. The van der Waals surface area contributed by atoms with E-state index in [2.05, 4.69) is 0 Å². The molecule has 0 saturated carbocycles. The zero-order chi connectivity index (χ0) is 11.6. The van der Waals surface area contributed by atoms with Crippen LogP contribution in [0.2, 0.25) is 0 Å². The second kappa shape index (κ2) is 4.16. The van der Waals surface area contributed by atoms with Gasteiger partial charge in [-0.2, -0.15) is 0 Å². The Kier molecular flexibility index (Phi) is 3.31. The normalized spacial score (nSPS) is 20.3. The van der Waals surface area contributed by atoms with Crippen molar-refractivity contribution in [1.82, 2.24) is 9.80 Å². The van der Waals surface area contributed by atoms with Crippen molar-refractivity contribution in [3.8, 4) is 0 Å². The predicted octanol–water partition coefficient (Wildman–Crippen LogP) is -0.986. The minimum Gasteiger partial charge on any atom is -0.395 e. The molecule has 2 N–H and O–H groups in total. The third-order valence-electron chi connectivity index (χ3n) is 2.55. The van der Waals surface area contributed by atoms with E-state index in [4.69, 9.17) is 10.2 Å². The zero-order valence-corrected chi connectivity index (χ0v) is 8.93. The monoisotopic (exact) mass is 216 g/mol. The van der Waals surface area contributed by atoms with Gasteiger partial charge in [-0.15, -0.1) is 0 Å². The molecule has 0 unspecified atom stereocenters. The van der Waals surface area contributed by atoms with Gasteiger partial charge in [0.25, 0.3) is 5.91 Å². The number of aliphatic hydroxyl groups is 2.